The molecule has 3 aromatic carbocycles. The van der Waals surface area contributed by atoms with Crippen molar-refractivity contribution in [3.8, 4) is 5.75 Å². The lowest BCUT2D eigenvalue weighted by molar-refractivity contribution is -0.122. The highest BCUT2D eigenvalue weighted by Crippen LogP contribution is 2.20. The molecular weight excluding hydrogens is 388 g/mol. The third-order valence-electron chi connectivity index (χ3n) is 4.14. The molecule has 0 aromatic heterocycles. The second-order valence-electron chi connectivity index (χ2n) is 6.56. The molecule has 6 nitrogen and oxygen atoms in total. The van der Waals surface area contributed by atoms with Crippen LogP contribution in [0.15, 0.2) is 83.8 Å². The molecule has 0 radical (unpaired) electrons. The number of hydrogen-bond donors (Lipinski definition) is 2. The van der Waals surface area contributed by atoms with Gasteiger partial charge in [0, 0.05) is 5.69 Å². The predicted molar refractivity (Wildman–Crippen MR) is 114 cm³/mol. The summed E-state index contributed by atoms with van der Waals surface area (Å²) in [4.78, 5) is 12.6. The van der Waals surface area contributed by atoms with Crippen LogP contribution < -0.4 is 14.8 Å². The Morgan fingerprint density at radius 2 is 1.55 bits per heavy atom. The Morgan fingerprint density at radius 1 is 0.897 bits per heavy atom. The third-order valence-corrected chi connectivity index (χ3v) is 5.54. The summed E-state index contributed by atoms with van der Waals surface area (Å²) in [5, 5.41) is 2.74. The fraction of sp³-hybridized carbons (Fsp3) is 0.136. The molecule has 0 heterocycles. The summed E-state index contributed by atoms with van der Waals surface area (Å²) in [6, 6.07) is 22.0. The second-order valence-corrected chi connectivity index (χ2v) is 8.24. The monoisotopic (exact) mass is 410 g/mol. The van der Waals surface area contributed by atoms with Gasteiger partial charge in [0.05, 0.1) is 10.6 Å². The fourth-order valence-corrected chi connectivity index (χ4v) is 3.66. The van der Waals surface area contributed by atoms with E-state index in [9.17, 15) is 13.2 Å². The highest BCUT2D eigenvalue weighted by Gasteiger charge is 2.16. The van der Waals surface area contributed by atoms with Gasteiger partial charge in [-0.2, -0.15) is 0 Å². The molecule has 29 heavy (non-hydrogen) atoms. The van der Waals surface area contributed by atoms with Gasteiger partial charge in [0.15, 0.2) is 6.10 Å². The Balaban J connectivity index is 1.66. The smallest absolute Gasteiger partial charge is 0.265 e. The molecule has 3 rings (SSSR count). The van der Waals surface area contributed by atoms with E-state index in [0.29, 0.717) is 17.1 Å². The molecule has 1 unspecified atom stereocenters. The zero-order chi connectivity index (χ0) is 20.9. The number of amides is 1. The largest absolute Gasteiger partial charge is 0.481 e. The number of aryl methyl sites for hydroxylation is 1. The Bertz CT molecular complexity index is 1080. The first-order chi connectivity index (χ1) is 13.8. The predicted octanol–water partition coefficient (Wildman–Crippen LogP) is 4.20. The summed E-state index contributed by atoms with van der Waals surface area (Å²) >= 11 is 0. The molecule has 150 valence electrons. The summed E-state index contributed by atoms with van der Waals surface area (Å²) in [6.07, 6.45) is -0.720. The van der Waals surface area contributed by atoms with Gasteiger partial charge in [0.25, 0.3) is 15.9 Å². The molecule has 0 fully saturated rings. The van der Waals surface area contributed by atoms with Gasteiger partial charge in [-0.3, -0.25) is 9.52 Å². The van der Waals surface area contributed by atoms with E-state index in [2.05, 4.69) is 10.0 Å². The zero-order valence-corrected chi connectivity index (χ0v) is 16.9. The summed E-state index contributed by atoms with van der Waals surface area (Å²) in [7, 11) is -3.71. The van der Waals surface area contributed by atoms with E-state index in [1.54, 1.807) is 61.5 Å². The lowest BCUT2D eigenvalue weighted by Gasteiger charge is -2.15. The fourth-order valence-electron chi connectivity index (χ4n) is 2.59. The summed E-state index contributed by atoms with van der Waals surface area (Å²) in [5.74, 6) is 0.260. The molecule has 1 amide bonds. The van der Waals surface area contributed by atoms with Crippen molar-refractivity contribution >= 4 is 27.3 Å². The minimum atomic E-state index is -3.71. The van der Waals surface area contributed by atoms with Crippen molar-refractivity contribution in [3.63, 3.8) is 0 Å². The van der Waals surface area contributed by atoms with Crippen LogP contribution in [-0.4, -0.2) is 20.4 Å². The van der Waals surface area contributed by atoms with E-state index in [4.69, 9.17) is 4.74 Å². The van der Waals surface area contributed by atoms with Crippen molar-refractivity contribution in [1.29, 1.82) is 0 Å². The third kappa shape index (κ3) is 5.58. The first-order valence-electron chi connectivity index (χ1n) is 9.05. The van der Waals surface area contributed by atoms with Crippen molar-refractivity contribution in [1.82, 2.24) is 0 Å². The maximum absolute atomic E-state index is 12.5. The number of nitrogens with one attached hydrogen (secondary N) is 2. The molecular formula is C22H22N2O4S. The molecule has 0 bridgehead atoms. The molecule has 0 saturated heterocycles. The van der Waals surface area contributed by atoms with Gasteiger partial charge in [-0.05, 0) is 56.3 Å². The molecule has 1 atom stereocenters. The number of anilines is 2. The highest BCUT2D eigenvalue weighted by molar-refractivity contribution is 7.92. The Kier molecular flexibility index (Phi) is 6.19. The van der Waals surface area contributed by atoms with Crippen molar-refractivity contribution in [2.75, 3.05) is 10.0 Å². The maximum atomic E-state index is 12.5. The van der Waals surface area contributed by atoms with Crippen LogP contribution >= 0.6 is 0 Å². The average molecular weight is 410 g/mol. The van der Waals surface area contributed by atoms with Gasteiger partial charge >= 0.3 is 0 Å². The summed E-state index contributed by atoms with van der Waals surface area (Å²) < 4.78 is 33.1. The van der Waals surface area contributed by atoms with Crippen LogP contribution in [0.1, 0.15) is 12.5 Å². The van der Waals surface area contributed by atoms with E-state index < -0.39 is 16.1 Å². The number of hydrogen-bond acceptors (Lipinski definition) is 4. The van der Waals surface area contributed by atoms with Crippen molar-refractivity contribution < 1.29 is 17.9 Å². The number of ether oxygens (including phenoxy) is 1. The molecule has 0 spiro atoms. The van der Waals surface area contributed by atoms with Crippen LogP contribution in [0.5, 0.6) is 5.75 Å². The zero-order valence-electron chi connectivity index (χ0n) is 16.1. The van der Waals surface area contributed by atoms with Crippen LogP contribution in [0.4, 0.5) is 11.4 Å². The highest BCUT2D eigenvalue weighted by atomic mass is 32.2. The molecule has 7 heteroatoms. The summed E-state index contributed by atoms with van der Waals surface area (Å²) in [6.45, 7) is 3.62. The van der Waals surface area contributed by atoms with E-state index >= 15 is 0 Å². The maximum Gasteiger partial charge on any atom is 0.265 e. The molecule has 3 aromatic rings. The van der Waals surface area contributed by atoms with Crippen molar-refractivity contribution in [2.45, 2.75) is 24.8 Å². The first-order valence-corrected chi connectivity index (χ1v) is 10.5. The second kappa shape index (κ2) is 8.79. The quantitative estimate of drug-likeness (QED) is 0.611. The molecule has 0 aliphatic carbocycles. The topological polar surface area (TPSA) is 84.5 Å². The van der Waals surface area contributed by atoms with Gasteiger partial charge in [0.2, 0.25) is 0 Å². The lowest BCUT2D eigenvalue weighted by atomic mass is 10.2. The minimum Gasteiger partial charge on any atom is -0.481 e. The number of rotatable bonds is 7. The normalized spacial score (nSPS) is 12.1. The van der Waals surface area contributed by atoms with Crippen LogP contribution in [0.25, 0.3) is 0 Å². The number of carbonyl (C=O) groups excluding carboxylic acids is 1. The van der Waals surface area contributed by atoms with Crippen LogP contribution in [0.3, 0.4) is 0 Å². The molecule has 2 N–H and O–H groups in total. The summed E-state index contributed by atoms with van der Waals surface area (Å²) in [5.41, 5.74) is 1.91. The van der Waals surface area contributed by atoms with E-state index in [1.165, 1.54) is 12.1 Å². The lowest BCUT2D eigenvalue weighted by Crippen LogP contribution is -2.30. The van der Waals surface area contributed by atoms with E-state index in [0.717, 1.165) is 5.56 Å². The van der Waals surface area contributed by atoms with Crippen molar-refractivity contribution in [2.24, 2.45) is 0 Å². The van der Waals surface area contributed by atoms with E-state index in [-0.39, 0.29) is 10.8 Å². The molecule has 0 saturated carbocycles. The molecule has 0 aliphatic heterocycles. The average Bonchev–Trinajstić information content (AvgIpc) is 2.70. The Labute approximate surface area is 170 Å². The van der Waals surface area contributed by atoms with Gasteiger partial charge in [-0.1, -0.05) is 42.0 Å². The van der Waals surface area contributed by atoms with Crippen LogP contribution in [-0.2, 0) is 14.8 Å². The first kappa shape index (κ1) is 20.4. The van der Waals surface area contributed by atoms with Crippen molar-refractivity contribution in [3.05, 3.63) is 84.4 Å². The number of sulfonamides is 1. The van der Waals surface area contributed by atoms with Gasteiger partial charge in [-0.15, -0.1) is 0 Å². The van der Waals surface area contributed by atoms with E-state index in [1.807, 2.05) is 19.1 Å². The van der Waals surface area contributed by atoms with Gasteiger partial charge in [-0.25, -0.2) is 8.42 Å². The SMILES string of the molecule is Cc1ccc(OC(C)C(=O)Nc2cccc(NS(=O)(=O)c3ccccc3)c2)cc1. The van der Waals surface area contributed by atoms with Gasteiger partial charge < -0.3 is 10.1 Å². The standard InChI is InChI=1S/C22H22N2O4S/c1-16-11-13-20(14-12-16)28-17(2)22(25)23-18-7-6-8-19(15-18)24-29(26,27)21-9-4-3-5-10-21/h3-15,17,24H,1-2H3,(H,23,25). The number of benzene rings is 3. The minimum absolute atomic E-state index is 0.162. The van der Waals surface area contributed by atoms with Crippen LogP contribution in [0, 0.1) is 6.92 Å². The Morgan fingerprint density at radius 3 is 2.24 bits per heavy atom. The van der Waals surface area contributed by atoms with Gasteiger partial charge in [0.1, 0.15) is 5.75 Å². The molecule has 0 aliphatic rings. The number of carbonyl (C=O) groups is 1. The van der Waals surface area contributed by atoms with Crippen LogP contribution in [0.2, 0.25) is 0 Å². The Hall–Kier alpha value is -3.32.